The molecule has 234 valence electrons. The summed E-state index contributed by atoms with van der Waals surface area (Å²) in [5, 5.41) is 10.6. The number of rotatable bonds is 8. The molecule has 1 aromatic carbocycles. The van der Waals surface area contributed by atoms with E-state index in [1.54, 1.807) is 24.3 Å². The molecule has 5 heterocycles. The normalized spacial score (nSPS) is 22.8. The maximum absolute atomic E-state index is 14.0. The SMILES string of the molecule is C[C@@H]1N(c2cc(Cl)cnc2O[C@H]2C[C@@H](C(=O)O)N(c3cc(-c4cccc(N(C)C)c4)nc(C(F)F)n3)C2)CCOC12COC2. The summed E-state index contributed by atoms with van der Waals surface area (Å²) in [5.41, 5.74) is 1.95. The van der Waals surface area contributed by atoms with Crippen LogP contribution < -0.4 is 19.4 Å². The highest BCUT2D eigenvalue weighted by Crippen LogP contribution is 2.40. The van der Waals surface area contributed by atoms with E-state index in [0.717, 1.165) is 5.69 Å². The van der Waals surface area contributed by atoms with Gasteiger partial charge in [0.2, 0.25) is 5.88 Å². The van der Waals surface area contributed by atoms with Crippen LogP contribution in [0.15, 0.2) is 42.6 Å². The zero-order valence-corrected chi connectivity index (χ0v) is 25.2. The third-order valence-corrected chi connectivity index (χ3v) is 8.66. The minimum absolute atomic E-state index is 0.0577. The largest absolute Gasteiger partial charge is 0.480 e. The van der Waals surface area contributed by atoms with Crippen LogP contribution in [0, 0.1) is 0 Å². The Morgan fingerprint density at radius 3 is 2.68 bits per heavy atom. The Morgan fingerprint density at radius 2 is 2.00 bits per heavy atom. The third-order valence-electron chi connectivity index (χ3n) is 8.46. The summed E-state index contributed by atoms with van der Waals surface area (Å²) in [4.78, 5) is 30.6. The van der Waals surface area contributed by atoms with E-state index in [0.29, 0.717) is 48.5 Å². The van der Waals surface area contributed by atoms with E-state index in [1.165, 1.54) is 11.1 Å². The number of halogens is 3. The van der Waals surface area contributed by atoms with Crippen molar-refractivity contribution >= 4 is 34.8 Å². The van der Waals surface area contributed by atoms with Crippen LogP contribution >= 0.6 is 11.6 Å². The van der Waals surface area contributed by atoms with Crippen LogP contribution in [-0.4, -0.2) is 96.8 Å². The molecule has 0 aliphatic carbocycles. The monoisotopic (exact) mass is 630 g/mol. The topological polar surface area (TPSA) is 113 Å². The van der Waals surface area contributed by atoms with Gasteiger partial charge in [-0.15, -0.1) is 0 Å². The molecule has 11 nitrogen and oxygen atoms in total. The molecule has 3 aliphatic rings. The number of morpholine rings is 1. The van der Waals surface area contributed by atoms with Gasteiger partial charge in [-0.25, -0.2) is 28.5 Å². The van der Waals surface area contributed by atoms with Crippen LogP contribution in [0.4, 0.5) is 26.0 Å². The van der Waals surface area contributed by atoms with Crippen LogP contribution in [0.3, 0.4) is 0 Å². The number of nitrogens with zero attached hydrogens (tertiary/aromatic N) is 6. The first-order valence-corrected chi connectivity index (χ1v) is 14.7. The van der Waals surface area contributed by atoms with Crippen molar-refractivity contribution in [3.05, 3.63) is 53.4 Å². The van der Waals surface area contributed by atoms with E-state index in [4.69, 9.17) is 25.8 Å². The van der Waals surface area contributed by atoms with E-state index in [-0.39, 0.29) is 30.5 Å². The van der Waals surface area contributed by atoms with Crippen molar-refractivity contribution in [1.29, 1.82) is 0 Å². The number of aliphatic carboxylic acids is 1. The van der Waals surface area contributed by atoms with E-state index in [1.807, 2.05) is 38.1 Å². The molecule has 44 heavy (non-hydrogen) atoms. The summed E-state index contributed by atoms with van der Waals surface area (Å²) in [6.07, 6.45) is -2.03. The molecule has 0 saturated carbocycles. The first kappa shape index (κ1) is 30.2. The van der Waals surface area contributed by atoms with E-state index < -0.39 is 36.0 Å². The third kappa shape index (κ3) is 5.71. The molecule has 14 heteroatoms. The first-order valence-electron chi connectivity index (χ1n) is 14.3. The molecule has 3 atom stereocenters. The van der Waals surface area contributed by atoms with E-state index in [9.17, 15) is 18.7 Å². The van der Waals surface area contributed by atoms with Gasteiger partial charge in [0.05, 0.1) is 43.1 Å². The highest BCUT2D eigenvalue weighted by atomic mass is 35.5. The highest BCUT2D eigenvalue weighted by Gasteiger charge is 2.50. The molecular weight excluding hydrogens is 598 g/mol. The van der Waals surface area contributed by atoms with Crippen LogP contribution in [-0.2, 0) is 14.3 Å². The predicted molar refractivity (Wildman–Crippen MR) is 160 cm³/mol. The summed E-state index contributed by atoms with van der Waals surface area (Å²) in [5.74, 6) is -1.43. The lowest BCUT2D eigenvalue weighted by molar-refractivity contribution is -0.228. The number of ether oxygens (including phenoxy) is 3. The molecule has 6 rings (SSSR count). The Bertz CT molecular complexity index is 1540. The quantitative estimate of drug-likeness (QED) is 0.384. The highest BCUT2D eigenvalue weighted by molar-refractivity contribution is 6.30. The second kappa shape index (κ2) is 11.9. The lowest BCUT2D eigenvalue weighted by atomic mass is 9.90. The predicted octanol–water partition coefficient (Wildman–Crippen LogP) is 4.30. The number of carboxylic acid groups (broad SMARTS) is 1. The van der Waals surface area contributed by atoms with Gasteiger partial charge in [-0.1, -0.05) is 23.7 Å². The molecular formula is C30H33ClF2N6O5. The van der Waals surface area contributed by atoms with Crippen molar-refractivity contribution < 1.29 is 32.9 Å². The van der Waals surface area contributed by atoms with Crippen molar-refractivity contribution in [2.45, 2.75) is 43.6 Å². The number of carboxylic acids is 1. The molecule has 3 saturated heterocycles. The van der Waals surface area contributed by atoms with Crippen LogP contribution in [0.2, 0.25) is 5.02 Å². The average molecular weight is 631 g/mol. The van der Waals surface area contributed by atoms with Crippen molar-refractivity contribution in [2.24, 2.45) is 0 Å². The second-order valence-corrected chi connectivity index (χ2v) is 11.9. The van der Waals surface area contributed by atoms with Crippen molar-refractivity contribution in [3.63, 3.8) is 0 Å². The first-order chi connectivity index (χ1) is 21.0. The summed E-state index contributed by atoms with van der Waals surface area (Å²) >= 11 is 6.36. The summed E-state index contributed by atoms with van der Waals surface area (Å²) < 4.78 is 45.9. The average Bonchev–Trinajstić information content (AvgIpc) is 3.41. The number of benzene rings is 1. The van der Waals surface area contributed by atoms with Crippen LogP contribution in [0.25, 0.3) is 11.3 Å². The molecule has 0 unspecified atom stereocenters. The fraction of sp³-hybridized carbons (Fsp3) is 0.467. The Kier molecular flexibility index (Phi) is 8.20. The fourth-order valence-electron chi connectivity index (χ4n) is 5.93. The van der Waals surface area contributed by atoms with E-state index in [2.05, 4.69) is 19.9 Å². The molecule has 2 aromatic heterocycles. The van der Waals surface area contributed by atoms with Gasteiger partial charge >= 0.3 is 5.97 Å². The Hall–Kier alpha value is -3.81. The molecule has 3 aliphatic heterocycles. The van der Waals surface area contributed by atoms with Crippen molar-refractivity contribution in [1.82, 2.24) is 15.0 Å². The minimum Gasteiger partial charge on any atom is -0.480 e. The van der Waals surface area contributed by atoms with Gasteiger partial charge in [-0.05, 0) is 25.1 Å². The molecule has 0 bridgehead atoms. The second-order valence-electron chi connectivity index (χ2n) is 11.5. The number of hydrogen-bond donors (Lipinski definition) is 1. The van der Waals surface area contributed by atoms with E-state index >= 15 is 0 Å². The zero-order chi connectivity index (χ0) is 31.2. The van der Waals surface area contributed by atoms with Crippen molar-refractivity contribution in [3.8, 4) is 17.1 Å². The lowest BCUT2D eigenvalue weighted by Gasteiger charge is -2.53. The summed E-state index contributed by atoms with van der Waals surface area (Å²) in [6.45, 7) is 4.14. The number of pyridine rings is 1. The number of carbonyl (C=O) groups is 1. The van der Waals surface area contributed by atoms with Gasteiger partial charge in [0, 0.05) is 50.6 Å². The molecule has 1 N–H and O–H groups in total. The number of anilines is 3. The maximum atomic E-state index is 14.0. The van der Waals surface area contributed by atoms with Gasteiger partial charge in [0.1, 0.15) is 29.3 Å². The van der Waals surface area contributed by atoms with Crippen molar-refractivity contribution in [2.75, 3.05) is 61.7 Å². The lowest BCUT2D eigenvalue weighted by Crippen LogP contribution is -2.68. The van der Waals surface area contributed by atoms with Gasteiger partial charge < -0.3 is 34.0 Å². The maximum Gasteiger partial charge on any atom is 0.326 e. The fourth-order valence-corrected chi connectivity index (χ4v) is 6.08. The van der Waals surface area contributed by atoms with Crippen LogP contribution in [0.5, 0.6) is 5.88 Å². The van der Waals surface area contributed by atoms with Gasteiger partial charge in [-0.3, -0.25) is 0 Å². The molecule has 0 amide bonds. The molecule has 1 spiro atoms. The summed E-state index contributed by atoms with van der Waals surface area (Å²) in [7, 11) is 3.74. The van der Waals surface area contributed by atoms with Gasteiger partial charge in [0.15, 0.2) is 5.82 Å². The smallest absolute Gasteiger partial charge is 0.326 e. The standard InChI is InChI=1S/C30H33ClF2N6O5/c1-17-30(15-42-16-30)43-8-7-38(17)23-10-19(31)13-34-28(23)44-21-11-24(29(40)41)39(14-21)25-12-22(35-27(36-25)26(32)33)18-5-4-6-20(9-18)37(2)3/h4-6,9-10,12-13,17,21,24,26H,7-8,11,14-16H2,1-3H3,(H,40,41)/t17-,21-,24-/m0/s1. The van der Waals surface area contributed by atoms with Crippen LogP contribution in [0.1, 0.15) is 25.6 Å². The summed E-state index contributed by atoms with van der Waals surface area (Å²) in [6, 6.07) is 9.46. The van der Waals surface area contributed by atoms with Gasteiger partial charge in [0.25, 0.3) is 6.43 Å². The number of alkyl halides is 2. The molecule has 3 aromatic rings. The van der Waals surface area contributed by atoms with Gasteiger partial charge in [-0.2, -0.15) is 0 Å². The molecule has 0 radical (unpaired) electrons. The Balaban J connectivity index is 1.30. The Labute approximate surface area is 258 Å². The molecule has 3 fully saturated rings. The zero-order valence-electron chi connectivity index (χ0n) is 24.5. The Morgan fingerprint density at radius 1 is 1.20 bits per heavy atom. The number of aromatic nitrogens is 3. The number of hydrogen-bond acceptors (Lipinski definition) is 10. The minimum atomic E-state index is -2.95.